The van der Waals surface area contributed by atoms with Gasteiger partial charge in [0.2, 0.25) is 0 Å². The van der Waals surface area contributed by atoms with Crippen LogP contribution < -0.4 is 0 Å². The quantitative estimate of drug-likeness (QED) is 0.688. The molecule has 4 heteroatoms. The van der Waals surface area contributed by atoms with Gasteiger partial charge in [-0.15, -0.1) is 0 Å². The Kier molecular flexibility index (Phi) is 4.89. The van der Waals surface area contributed by atoms with Crippen LogP contribution >= 0.6 is 0 Å². The van der Waals surface area contributed by atoms with E-state index in [1.165, 1.54) is 10.2 Å². The lowest BCUT2D eigenvalue weighted by Gasteiger charge is -2.47. The molecule has 0 aliphatic rings. The maximum atomic E-state index is 2.60. The lowest BCUT2D eigenvalue weighted by Crippen LogP contribution is -2.51. The highest BCUT2D eigenvalue weighted by Gasteiger charge is 2.44. The fourth-order valence-corrected chi connectivity index (χ4v) is 29.7. The topological polar surface area (TPSA) is 0 Å². The summed E-state index contributed by atoms with van der Waals surface area (Å²) in [5.41, 5.74) is 0. The van der Waals surface area contributed by atoms with E-state index in [0.29, 0.717) is 0 Å². The SMILES string of the molecule is C[Si](C)(C)C([SiH3])C([Si](C)(C)C)[Si](C)(C)C. The second-order valence-corrected chi connectivity index (χ2v) is 27.7. The molecule has 1 atom stereocenters. The fraction of sp³-hybridized carbons (Fsp3) is 1.00. The molecule has 15 heavy (non-hydrogen) atoms. The molecule has 0 radical (unpaired) electrons. The summed E-state index contributed by atoms with van der Waals surface area (Å²) < 4.78 is 0. The first kappa shape index (κ1) is 15.9. The maximum Gasteiger partial charge on any atom is 0.0444 e. The maximum absolute atomic E-state index is 2.60. The van der Waals surface area contributed by atoms with Crippen LogP contribution in [-0.2, 0) is 0 Å². The fourth-order valence-electron chi connectivity index (χ4n) is 3.30. The van der Waals surface area contributed by atoms with E-state index >= 15 is 0 Å². The molecule has 0 amide bonds. The van der Waals surface area contributed by atoms with Crippen molar-refractivity contribution in [2.45, 2.75) is 69.3 Å². The molecule has 0 aromatic heterocycles. The minimum atomic E-state index is -0.964. The molecule has 0 fully saturated rings. The van der Waals surface area contributed by atoms with Crippen LogP contribution in [0, 0.1) is 0 Å². The largest absolute Gasteiger partial charge is 0.0696 e. The van der Waals surface area contributed by atoms with E-state index < -0.39 is 24.2 Å². The Balaban J connectivity index is 5.16. The summed E-state index contributed by atoms with van der Waals surface area (Å²) in [5, 5.41) is 2.28. The summed E-state index contributed by atoms with van der Waals surface area (Å²) in [6.45, 7) is 23.3. The van der Waals surface area contributed by atoms with Crippen LogP contribution in [0.5, 0.6) is 0 Å². The van der Waals surface area contributed by atoms with Gasteiger partial charge in [-0.2, -0.15) is 0 Å². The smallest absolute Gasteiger partial charge is 0.0444 e. The standard InChI is InChI=1S/C11H32Si4/c1-13(2,3)10(12)11(14(4,5)6)15(7,8)9/h10-11H,1-9,12H3. The minimum Gasteiger partial charge on any atom is -0.0696 e. The summed E-state index contributed by atoms with van der Waals surface area (Å²) in [4.78, 5) is 0. The highest BCUT2D eigenvalue weighted by Crippen LogP contribution is 2.44. The van der Waals surface area contributed by atoms with Gasteiger partial charge in [0, 0.05) is 34.5 Å². The first-order valence-electron chi connectivity index (χ1n) is 6.28. The van der Waals surface area contributed by atoms with Gasteiger partial charge in [-0.1, -0.05) is 69.3 Å². The lowest BCUT2D eigenvalue weighted by atomic mass is 10.9. The van der Waals surface area contributed by atoms with E-state index in [4.69, 9.17) is 0 Å². The number of hydrogen-bond acceptors (Lipinski definition) is 0. The van der Waals surface area contributed by atoms with E-state index in [2.05, 4.69) is 58.9 Å². The third-order valence-electron chi connectivity index (χ3n) is 3.73. The van der Waals surface area contributed by atoms with Gasteiger partial charge >= 0.3 is 0 Å². The monoisotopic (exact) mass is 276 g/mol. The average molecular weight is 277 g/mol. The zero-order valence-corrected chi connectivity index (χ0v) is 17.7. The Labute approximate surface area is 104 Å². The summed E-state index contributed by atoms with van der Waals surface area (Å²) in [7, 11) is -1.42. The van der Waals surface area contributed by atoms with E-state index in [0.717, 1.165) is 10.3 Å². The minimum absolute atomic E-state index is 0.912. The van der Waals surface area contributed by atoms with Gasteiger partial charge in [-0.25, -0.2) is 0 Å². The predicted octanol–water partition coefficient (Wildman–Crippen LogP) is 3.60. The van der Waals surface area contributed by atoms with Gasteiger partial charge < -0.3 is 0 Å². The predicted molar refractivity (Wildman–Crippen MR) is 87.5 cm³/mol. The van der Waals surface area contributed by atoms with Crippen molar-refractivity contribution in [1.29, 1.82) is 0 Å². The molecule has 0 bridgehead atoms. The molecule has 0 aliphatic heterocycles. The second-order valence-electron chi connectivity index (χ2n) is 8.36. The second kappa shape index (κ2) is 4.62. The summed E-state index contributed by atoms with van der Waals surface area (Å²) >= 11 is 0. The van der Waals surface area contributed by atoms with Gasteiger partial charge in [-0.3, -0.25) is 0 Å². The molecule has 0 aromatic carbocycles. The van der Waals surface area contributed by atoms with E-state index in [1.807, 2.05) is 0 Å². The van der Waals surface area contributed by atoms with Crippen molar-refractivity contribution < 1.29 is 0 Å². The van der Waals surface area contributed by atoms with E-state index in [-0.39, 0.29) is 0 Å². The van der Waals surface area contributed by atoms with Gasteiger partial charge in [-0.05, 0) is 0 Å². The van der Waals surface area contributed by atoms with E-state index in [1.54, 1.807) is 0 Å². The zero-order valence-electron chi connectivity index (χ0n) is 12.7. The van der Waals surface area contributed by atoms with Crippen molar-refractivity contribution in [3.05, 3.63) is 0 Å². The van der Waals surface area contributed by atoms with Crippen LogP contribution in [0.1, 0.15) is 0 Å². The average Bonchev–Trinajstić information content (AvgIpc) is 1.76. The van der Waals surface area contributed by atoms with Crippen molar-refractivity contribution in [3.63, 3.8) is 0 Å². The third-order valence-corrected chi connectivity index (χ3v) is 24.6. The Morgan fingerprint density at radius 3 is 0.933 bits per heavy atom. The molecular weight excluding hydrogens is 244 g/mol. The molecule has 0 rings (SSSR count). The number of rotatable bonds is 4. The van der Waals surface area contributed by atoms with Crippen LogP contribution in [0.2, 0.25) is 69.3 Å². The first-order chi connectivity index (χ1) is 6.28. The molecule has 0 heterocycles. The van der Waals surface area contributed by atoms with Crippen LogP contribution in [0.4, 0.5) is 0 Å². The highest BCUT2D eigenvalue weighted by molar-refractivity contribution is 7.00. The summed E-state index contributed by atoms with van der Waals surface area (Å²) in [5.74, 6) is 0. The van der Waals surface area contributed by atoms with Crippen LogP contribution in [-0.4, -0.2) is 34.5 Å². The molecule has 1 unspecified atom stereocenters. The molecule has 0 saturated heterocycles. The van der Waals surface area contributed by atoms with E-state index in [9.17, 15) is 0 Å². The molecule has 0 N–H and O–H groups in total. The van der Waals surface area contributed by atoms with Gasteiger partial charge in [0.25, 0.3) is 0 Å². The van der Waals surface area contributed by atoms with Crippen LogP contribution in [0.3, 0.4) is 0 Å². The Hall–Kier alpha value is 0.868. The Morgan fingerprint density at radius 1 is 0.600 bits per heavy atom. The molecule has 0 nitrogen and oxygen atoms in total. The molecule has 0 aromatic rings. The van der Waals surface area contributed by atoms with Crippen molar-refractivity contribution in [2.75, 3.05) is 0 Å². The Morgan fingerprint density at radius 2 is 0.867 bits per heavy atom. The number of hydrogen-bond donors (Lipinski definition) is 0. The third kappa shape index (κ3) is 4.71. The lowest BCUT2D eigenvalue weighted by molar-refractivity contribution is 1.06. The van der Waals surface area contributed by atoms with Crippen LogP contribution in [0.25, 0.3) is 0 Å². The molecular formula is C11H32Si4. The zero-order chi connectivity index (χ0) is 12.7. The van der Waals surface area contributed by atoms with Gasteiger partial charge in [0.05, 0.1) is 0 Å². The molecule has 0 spiro atoms. The van der Waals surface area contributed by atoms with Crippen molar-refractivity contribution in [3.8, 4) is 0 Å². The van der Waals surface area contributed by atoms with Crippen LogP contribution in [0.15, 0.2) is 0 Å². The Bertz CT molecular complexity index is 190. The molecule has 0 saturated carbocycles. The molecule has 0 aliphatic carbocycles. The summed E-state index contributed by atoms with van der Waals surface area (Å²) in [6.07, 6.45) is 0. The first-order valence-corrected chi connectivity index (χ1v) is 18.2. The normalized spacial score (nSPS) is 17.2. The van der Waals surface area contributed by atoms with Gasteiger partial charge in [0.1, 0.15) is 0 Å². The highest BCUT2D eigenvalue weighted by atomic mass is 28.4. The van der Waals surface area contributed by atoms with Crippen molar-refractivity contribution in [1.82, 2.24) is 0 Å². The molecule has 92 valence electrons. The van der Waals surface area contributed by atoms with Gasteiger partial charge in [0.15, 0.2) is 0 Å². The summed E-state index contributed by atoms with van der Waals surface area (Å²) in [6, 6.07) is 0. The van der Waals surface area contributed by atoms with Crippen molar-refractivity contribution >= 4 is 34.5 Å². The van der Waals surface area contributed by atoms with Crippen molar-refractivity contribution in [2.24, 2.45) is 0 Å².